The molecule has 2 rings (SSSR count). The highest BCUT2D eigenvalue weighted by molar-refractivity contribution is 5.65. The lowest BCUT2D eigenvalue weighted by Crippen LogP contribution is -2.02. The molecule has 0 aliphatic heterocycles. The molecule has 0 fully saturated rings. The highest BCUT2D eigenvalue weighted by Gasteiger charge is 2.03. The van der Waals surface area contributed by atoms with Crippen molar-refractivity contribution in [2.75, 3.05) is 30.9 Å². The Kier molecular flexibility index (Phi) is 5.38. The van der Waals surface area contributed by atoms with Crippen molar-refractivity contribution in [2.45, 2.75) is 13.3 Å². The molecule has 2 aromatic rings. The summed E-state index contributed by atoms with van der Waals surface area (Å²) in [5, 5.41) is 6.66. The Bertz CT molecular complexity index is 543. The summed E-state index contributed by atoms with van der Waals surface area (Å²) in [5.41, 5.74) is 3.38. The third kappa shape index (κ3) is 3.96. The monoisotopic (exact) mass is 271 g/mol. The van der Waals surface area contributed by atoms with Crippen LogP contribution in [-0.4, -0.2) is 25.2 Å². The summed E-state index contributed by atoms with van der Waals surface area (Å²) in [6.45, 7) is 3.64. The topological polar surface area (TPSA) is 46.2 Å². The normalized spacial score (nSPS) is 10.3. The van der Waals surface area contributed by atoms with Gasteiger partial charge in [0.2, 0.25) is 0 Å². The summed E-state index contributed by atoms with van der Waals surface area (Å²) < 4.78 is 5.15. The molecule has 4 heteroatoms. The van der Waals surface area contributed by atoms with Crippen molar-refractivity contribution in [3.8, 4) is 0 Å². The summed E-state index contributed by atoms with van der Waals surface area (Å²) in [6, 6.07) is 12.3. The van der Waals surface area contributed by atoms with Crippen molar-refractivity contribution < 1.29 is 4.74 Å². The first kappa shape index (κ1) is 14.3. The fourth-order valence-corrected chi connectivity index (χ4v) is 2.01. The third-order valence-electron chi connectivity index (χ3n) is 2.99. The molecule has 4 nitrogen and oxygen atoms in total. The number of pyridine rings is 1. The van der Waals surface area contributed by atoms with Crippen LogP contribution < -0.4 is 10.6 Å². The maximum atomic E-state index is 5.15. The van der Waals surface area contributed by atoms with E-state index in [2.05, 4.69) is 34.7 Å². The number of benzene rings is 1. The van der Waals surface area contributed by atoms with Crippen molar-refractivity contribution in [1.82, 2.24) is 4.98 Å². The maximum Gasteiger partial charge on any atom is 0.127 e. The Labute approximate surface area is 120 Å². The number of nitrogens with one attached hydrogen (secondary N) is 2. The van der Waals surface area contributed by atoms with Gasteiger partial charge in [0.1, 0.15) is 5.82 Å². The second-order valence-corrected chi connectivity index (χ2v) is 4.49. The number of aromatic nitrogens is 1. The van der Waals surface area contributed by atoms with Crippen LogP contribution in [0.2, 0.25) is 0 Å². The molecule has 0 spiro atoms. The fourth-order valence-electron chi connectivity index (χ4n) is 2.01. The van der Waals surface area contributed by atoms with Gasteiger partial charge in [0, 0.05) is 37.3 Å². The number of para-hydroxylation sites is 1. The van der Waals surface area contributed by atoms with Gasteiger partial charge in [0.15, 0.2) is 0 Å². The molecule has 2 N–H and O–H groups in total. The lowest BCUT2D eigenvalue weighted by molar-refractivity contribution is 0.202. The first-order chi connectivity index (χ1) is 9.83. The summed E-state index contributed by atoms with van der Waals surface area (Å²) in [4.78, 5) is 4.27. The smallest absolute Gasteiger partial charge is 0.127 e. The van der Waals surface area contributed by atoms with Crippen LogP contribution in [0.5, 0.6) is 0 Å². The Morgan fingerprint density at radius 3 is 2.85 bits per heavy atom. The van der Waals surface area contributed by atoms with Crippen molar-refractivity contribution in [1.29, 1.82) is 0 Å². The molecule has 0 bridgehead atoms. The Balaban J connectivity index is 2.14. The summed E-state index contributed by atoms with van der Waals surface area (Å²) >= 11 is 0. The SMILES string of the molecule is CCNc1cc(Nc2ccccc2CCOC)ccn1. The standard InChI is InChI=1S/C16H21N3O/c1-3-17-16-12-14(8-10-18-16)19-15-7-5-4-6-13(15)9-11-20-2/h4-8,10,12H,3,9,11H2,1-2H3,(H2,17,18,19). The van der Waals surface area contributed by atoms with Crippen LogP contribution in [0, 0.1) is 0 Å². The second kappa shape index (κ2) is 7.50. The van der Waals surface area contributed by atoms with E-state index in [1.807, 2.05) is 24.3 Å². The molecule has 0 aliphatic rings. The third-order valence-corrected chi connectivity index (χ3v) is 2.99. The lowest BCUT2D eigenvalue weighted by Gasteiger charge is -2.12. The zero-order chi connectivity index (χ0) is 14.2. The van der Waals surface area contributed by atoms with Crippen LogP contribution in [0.1, 0.15) is 12.5 Å². The minimum atomic E-state index is 0.720. The van der Waals surface area contributed by atoms with E-state index >= 15 is 0 Å². The van der Waals surface area contributed by atoms with Gasteiger partial charge in [0.25, 0.3) is 0 Å². The molecule has 0 aliphatic carbocycles. The molecular formula is C16H21N3O. The van der Waals surface area contributed by atoms with Crippen LogP contribution in [0.25, 0.3) is 0 Å². The molecule has 0 saturated carbocycles. The zero-order valence-corrected chi connectivity index (χ0v) is 12.0. The summed E-state index contributed by atoms with van der Waals surface area (Å²) in [5.74, 6) is 0.881. The van der Waals surface area contributed by atoms with E-state index in [-0.39, 0.29) is 0 Å². The minimum absolute atomic E-state index is 0.720. The second-order valence-electron chi connectivity index (χ2n) is 4.49. The van der Waals surface area contributed by atoms with E-state index in [1.54, 1.807) is 13.3 Å². The Morgan fingerprint density at radius 1 is 1.20 bits per heavy atom. The lowest BCUT2D eigenvalue weighted by atomic mass is 10.1. The van der Waals surface area contributed by atoms with Crippen LogP contribution >= 0.6 is 0 Å². The molecule has 1 heterocycles. The minimum Gasteiger partial charge on any atom is -0.384 e. The molecule has 20 heavy (non-hydrogen) atoms. The predicted octanol–water partition coefficient (Wildman–Crippen LogP) is 3.45. The zero-order valence-electron chi connectivity index (χ0n) is 12.0. The van der Waals surface area contributed by atoms with Crippen molar-refractivity contribution in [3.63, 3.8) is 0 Å². The molecule has 0 amide bonds. The molecule has 0 saturated heterocycles. The molecule has 0 unspecified atom stereocenters. The maximum absolute atomic E-state index is 5.15. The highest BCUT2D eigenvalue weighted by atomic mass is 16.5. The number of nitrogens with zero attached hydrogens (tertiary/aromatic N) is 1. The van der Waals surface area contributed by atoms with E-state index in [0.717, 1.165) is 36.8 Å². The van der Waals surface area contributed by atoms with Crippen LogP contribution in [0.15, 0.2) is 42.6 Å². The van der Waals surface area contributed by atoms with E-state index in [9.17, 15) is 0 Å². The van der Waals surface area contributed by atoms with E-state index in [1.165, 1.54) is 5.56 Å². The molecule has 1 aromatic heterocycles. The number of anilines is 3. The first-order valence-electron chi connectivity index (χ1n) is 6.87. The summed E-state index contributed by atoms with van der Waals surface area (Å²) in [7, 11) is 1.72. The van der Waals surface area contributed by atoms with Gasteiger partial charge >= 0.3 is 0 Å². The van der Waals surface area contributed by atoms with Gasteiger partial charge in [-0.3, -0.25) is 0 Å². The van der Waals surface area contributed by atoms with Gasteiger partial charge < -0.3 is 15.4 Å². The van der Waals surface area contributed by atoms with Gasteiger partial charge in [-0.25, -0.2) is 4.98 Å². The van der Waals surface area contributed by atoms with Gasteiger partial charge in [-0.2, -0.15) is 0 Å². The first-order valence-corrected chi connectivity index (χ1v) is 6.87. The van der Waals surface area contributed by atoms with Gasteiger partial charge in [0.05, 0.1) is 6.61 Å². The summed E-state index contributed by atoms with van der Waals surface area (Å²) in [6.07, 6.45) is 2.70. The largest absolute Gasteiger partial charge is 0.384 e. The number of ether oxygens (including phenoxy) is 1. The molecule has 1 aromatic carbocycles. The average molecular weight is 271 g/mol. The fraction of sp³-hybridized carbons (Fsp3) is 0.312. The Hall–Kier alpha value is -2.07. The van der Waals surface area contributed by atoms with Gasteiger partial charge in [-0.1, -0.05) is 18.2 Å². The van der Waals surface area contributed by atoms with E-state index in [0.29, 0.717) is 0 Å². The van der Waals surface area contributed by atoms with Crippen molar-refractivity contribution >= 4 is 17.2 Å². The predicted molar refractivity (Wildman–Crippen MR) is 83.7 cm³/mol. The molecular weight excluding hydrogens is 250 g/mol. The van der Waals surface area contributed by atoms with E-state index in [4.69, 9.17) is 4.74 Å². The van der Waals surface area contributed by atoms with Crippen LogP contribution in [0.4, 0.5) is 17.2 Å². The number of methoxy groups -OCH3 is 1. The van der Waals surface area contributed by atoms with Gasteiger partial charge in [-0.15, -0.1) is 0 Å². The van der Waals surface area contributed by atoms with Crippen molar-refractivity contribution in [3.05, 3.63) is 48.2 Å². The van der Waals surface area contributed by atoms with Gasteiger partial charge in [-0.05, 0) is 31.0 Å². The molecule has 0 radical (unpaired) electrons. The Morgan fingerprint density at radius 2 is 2.05 bits per heavy atom. The number of hydrogen-bond acceptors (Lipinski definition) is 4. The van der Waals surface area contributed by atoms with Crippen LogP contribution in [0.3, 0.4) is 0 Å². The molecule has 106 valence electrons. The quantitative estimate of drug-likeness (QED) is 0.809. The number of hydrogen-bond donors (Lipinski definition) is 2. The number of rotatable bonds is 7. The highest BCUT2D eigenvalue weighted by Crippen LogP contribution is 2.22. The molecule has 0 atom stereocenters. The van der Waals surface area contributed by atoms with E-state index < -0.39 is 0 Å². The average Bonchev–Trinajstić information content (AvgIpc) is 2.47. The van der Waals surface area contributed by atoms with Crippen molar-refractivity contribution in [2.24, 2.45) is 0 Å². The van der Waals surface area contributed by atoms with Crippen LogP contribution in [-0.2, 0) is 11.2 Å².